The lowest BCUT2D eigenvalue weighted by atomic mass is 10.1. The molecule has 0 saturated carbocycles. The fourth-order valence-electron chi connectivity index (χ4n) is 4.54. The summed E-state index contributed by atoms with van der Waals surface area (Å²) < 4.78 is 6.14. The van der Waals surface area contributed by atoms with Gasteiger partial charge in [-0.1, -0.05) is 41.9 Å². The van der Waals surface area contributed by atoms with E-state index in [1.807, 2.05) is 24.3 Å². The van der Waals surface area contributed by atoms with Gasteiger partial charge in [-0.15, -0.1) is 0 Å². The number of anilines is 3. The molecule has 154 valence electrons. The third-order valence-electron chi connectivity index (χ3n) is 6.12. The zero-order valence-electron chi connectivity index (χ0n) is 16.9. The summed E-state index contributed by atoms with van der Waals surface area (Å²) in [5.74, 6) is 0.935. The van der Waals surface area contributed by atoms with Gasteiger partial charge in [0.2, 0.25) is 0 Å². The summed E-state index contributed by atoms with van der Waals surface area (Å²) in [6.07, 6.45) is 2.15. The number of halogens is 1. The second kappa shape index (κ2) is 8.21. The van der Waals surface area contributed by atoms with Gasteiger partial charge in [0.15, 0.2) is 0 Å². The summed E-state index contributed by atoms with van der Waals surface area (Å²) >= 11 is 6.40. The van der Waals surface area contributed by atoms with Crippen molar-refractivity contribution in [2.24, 2.45) is 0 Å². The molecule has 1 unspecified atom stereocenters. The van der Waals surface area contributed by atoms with Crippen LogP contribution in [-0.2, 0) is 13.0 Å². The summed E-state index contributed by atoms with van der Waals surface area (Å²) in [6.45, 7) is 3.73. The Morgan fingerprint density at radius 2 is 1.83 bits per heavy atom. The van der Waals surface area contributed by atoms with Crippen LogP contribution in [0.1, 0.15) is 17.5 Å². The van der Waals surface area contributed by atoms with E-state index in [1.165, 1.54) is 11.1 Å². The highest BCUT2D eigenvalue weighted by atomic mass is 35.5. The number of nitrogens with two attached hydrogens (primary N) is 1. The van der Waals surface area contributed by atoms with E-state index in [2.05, 4.69) is 52.3 Å². The number of hydrogen-bond donors (Lipinski definition) is 1. The Bertz CT molecular complexity index is 1040. The fraction of sp³-hybridized carbons (Fsp3) is 0.280. The molecule has 0 bridgehead atoms. The van der Waals surface area contributed by atoms with Crippen LogP contribution >= 0.6 is 11.6 Å². The number of ether oxygens (including phenoxy) is 1. The number of rotatable bonds is 4. The van der Waals surface area contributed by atoms with Gasteiger partial charge in [-0.05, 0) is 54.8 Å². The molecule has 30 heavy (non-hydrogen) atoms. The molecule has 3 aromatic rings. The monoisotopic (exact) mass is 419 g/mol. The molecule has 0 spiro atoms. The van der Waals surface area contributed by atoms with Crippen molar-refractivity contribution >= 4 is 28.7 Å². The number of likely N-dealkylation sites (tertiary alicyclic amines) is 1. The first-order valence-corrected chi connectivity index (χ1v) is 10.9. The lowest BCUT2D eigenvalue weighted by Crippen LogP contribution is -2.35. The predicted molar refractivity (Wildman–Crippen MR) is 124 cm³/mol. The van der Waals surface area contributed by atoms with E-state index in [0.29, 0.717) is 12.6 Å². The lowest BCUT2D eigenvalue weighted by molar-refractivity contribution is 0.310. The minimum Gasteiger partial charge on any atom is -0.487 e. The molecule has 2 heterocycles. The van der Waals surface area contributed by atoms with Crippen LogP contribution in [0.5, 0.6) is 5.75 Å². The molecule has 1 saturated heterocycles. The zero-order chi connectivity index (χ0) is 20.5. The molecule has 0 amide bonds. The van der Waals surface area contributed by atoms with Gasteiger partial charge in [0.05, 0.1) is 5.69 Å². The van der Waals surface area contributed by atoms with E-state index in [9.17, 15) is 0 Å². The first-order valence-electron chi connectivity index (χ1n) is 10.5. The average molecular weight is 420 g/mol. The van der Waals surface area contributed by atoms with Gasteiger partial charge in [-0.25, -0.2) is 0 Å². The predicted octanol–water partition coefficient (Wildman–Crippen LogP) is 5.27. The largest absolute Gasteiger partial charge is 0.487 e. The van der Waals surface area contributed by atoms with E-state index in [4.69, 9.17) is 22.1 Å². The van der Waals surface area contributed by atoms with Crippen LogP contribution < -0.4 is 15.4 Å². The molecule has 5 rings (SSSR count). The van der Waals surface area contributed by atoms with Crippen LogP contribution in [-0.4, -0.2) is 30.6 Å². The first-order chi connectivity index (χ1) is 14.7. The van der Waals surface area contributed by atoms with Gasteiger partial charge in [0, 0.05) is 47.6 Å². The fourth-order valence-corrected chi connectivity index (χ4v) is 4.70. The highest BCUT2D eigenvalue weighted by molar-refractivity contribution is 6.30. The Balaban J connectivity index is 1.38. The SMILES string of the molecule is Nc1ccc(CCN2CCC(N3c4cc(Cl)ccc4COc4ccccc43)C2)cc1. The van der Waals surface area contributed by atoms with E-state index < -0.39 is 0 Å². The second-order valence-electron chi connectivity index (χ2n) is 8.13. The van der Waals surface area contributed by atoms with E-state index in [-0.39, 0.29) is 0 Å². The molecule has 3 aromatic carbocycles. The topological polar surface area (TPSA) is 41.7 Å². The summed E-state index contributed by atoms with van der Waals surface area (Å²) in [4.78, 5) is 5.01. The summed E-state index contributed by atoms with van der Waals surface area (Å²) in [6, 6.07) is 23.1. The van der Waals surface area contributed by atoms with E-state index in [0.717, 1.165) is 60.3 Å². The molecule has 0 aromatic heterocycles. The van der Waals surface area contributed by atoms with Crippen molar-refractivity contribution in [3.8, 4) is 5.75 Å². The number of fused-ring (bicyclic) bond motifs is 2. The molecule has 5 heteroatoms. The lowest BCUT2D eigenvalue weighted by Gasteiger charge is -2.32. The van der Waals surface area contributed by atoms with Gasteiger partial charge in [-0.2, -0.15) is 0 Å². The van der Waals surface area contributed by atoms with Crippen molar-refractivity contribution in [1.82, 2.24) is 4.90 Å². The average Bonchev–Trinajstić information content (AvgIpc) is 3.16. The molecule has 0 aliphatic carbocycles. The third-order valence-corrected chi connectivity index (χ3v) is 6.36. The molecular weight excluding hydrogens is 394 g/mol. The molecule has 2 aliphatic rings. The van der Waals surface area contributed by atoms with Crippen LogP contribution in [0.25, 0.3) is 0 Å². The number of nitrogens with zero attached hydrogens (tertiary/aromatic N) is 2. The van der Waals surface area contributed by atoms with Crippen LogP contribution in [0.3, 0.4) is 0 Å². The quantitative estimate of drug-likeness (QED) is 0.585. The maximum Gasteiger partial charge on any atom is 0.143 e. The summed E-state index contributed by atoms with van der Waals surface area (Å²) in [7, 11) is 0. The summed E-state index contributed by atoms with van der Waals surface area (Å²) in [5, 5.41) is 0.760. The van der Waals surface area contributed by atoms with Crippen molar-refractivity contribution in [3.05, 3.63) is 82.9 Å². The Morgan fingerprint density at radius 3 is 2.70 bits per heavy atom. The Labute approximate surface area is 182 Å². The number of benzene rings is 3. The molecule has 1 fully saturated rings. The molecular formula is C25H26ClN3O. The minimum absolute atomic E-state index is 0.386. The maximum atomic E-state index is 6.40. The van der Waals surface area contributed by atoms with E-state index >= 15 is 0 Å². The summed E-state index contributed by atoms with van der Waals surface area (Å²) in [5.41, 5.74) is 11.4. The van der Waals surface area contributed by atoms with Crippen LogP contribution in [0.2, 0.25) is 5.02 Å². The Morgan fingerprint density at radius 1 is 1.00 bits per heavy atom. The van der Waals surface area contributed by atoms with Crippen LogP contribution in [0, 0.1) is 0 Å². The Kier molecular flexibility index (Phi) is 5.28. The maximum absolute atomic E-state index is 6.40. The third kappa shape index (κ3) is 3.85. The van der Waals surface area contributed by atoms with Crippen LogP contribution in [0.15, 0.2) is 66.7 Å². The van der Waals surface area contributed by atoms with Crippen molar-refractivity contribution in [2.45, 2.75) is 25.5 Å². The minimum atomic E-state index is 0.386. The van der Waals surface area contributed by atoms with Crippen LogP contribution in [0.4, 0.5) is 17.1 Å². The second-order valence-corrected chi connectivity index (χ2v) is 8.57. The van der Waals surface area contributed by atoms with Gasteiger partial charge >= 0.3 is 0 Å². The number of para-hydroxylation sites is 2. The smallest absolute Gasteiger partial charge is 0.143 e. The number of nitrogen functional groups attached to an aromatic ring is 1. The first kappa shape index (κ1) is 19.3. The van der Waals surface area contributed by atoms with Crippen molar-refractivity contribution < 1.29 is 4.74 Å². The van der Waals surface area contributed by atoms with Crippen molar-refractivity contribution in [1.29, 1.82) is 0 Å². The highest BCUT2D eigenvalue weighted by Gasteiger charge is 2.32. The number of hydrogen-bond acceptors (Lipinski definition) is 4. The van der Waals surface area contributed by atoms with Crippen molar-refractivity contribution in [3.63, 3.8) is 0 Å². The van der Waals surface area contributed by atoms with Gasteiger partial charge in [0.25, 0.3) is 0 Å². The normalized spacial score (nSPS) is 18.4. The molecule has 2 aliphatic heterocycles. The molecule has 1 atom stereocenters. The van der Waals surface area contributed by atoms with E-state index in [1.54, 1.807) is 0 Å². The molecule has 0 radical (unpaired) electrons. The molecule has 4 nitrogen and oxygen atoms in total. The van der Waals surface area contributed by atoms with Gasteiger partial charge < -0.3 is 20.3 Å². The Hall–Kier alpha value is -2.69. The van der Waals surface area contributed by atoms with Crippen molar-refractivity contribution in [2.75, 3.05) is 30.3 Å². The highest BCUT2D eigenvalue weighted by Crippen LogP contribution is 2.43. The van der Waals surface area contributed by atoms with Gasteiger partial charge in [-0.3, -0.25) is 0 Å². The standard InChI is InChI=1S/C25H26ClN3O/c26-20-8-7-19-17-30-25-4-2-1-3-23(25)29(24(19)15-20)22-12-14-28(16-22)13-11-18-5-9-21(27)10-6-18/h1-10,15,22H,11-14,16-17,27H2. The zero-order valence-corrected chi connectivity index (χ0v) is 17.7. The molecule has 2 N–H and O–H groups in total. The van der Waals surface area contributed by atoms with Gasteiger partial charge in [0.1, 0.15) is 12.4 Å².